The Kier molecular flexibility index (Phi) is 5.34. The molecule has 0 atom stereocenters. The summed E-state index contributed by atoms with van der Waals surface area (Å²) >= 11 is 0. The minimum absolute atomic E-state index is 0.0797. The van der Waals surface area contributed by atoms with Gasteiger partial charge in [0.1, 0.15) is 17.3 Å². The number of methoxy groups -OCH3 is 1. The Balaban J connectivity index is 1.59. The molecule has 2 amide bonds. The second-order valence-corrected chi connectivity index (χ2v) is 6.76. The highest BCUT2D eigenvalue weighted by atomic mass is 19.1. The number of amides is 2. The molecule has 0 spiro atoms. The maximum Gasteiger partial charge on any atom is 0.265 e. The van der Waals surface area contributed by atoms with Crippen molar-refractivity contribution >= 4 is 23.2 Å². The van der Waals surface area contributed by atoms with Crippen LogP contribution in [0.25, 0.3) is 0 Å². The van der Waals surface area contributed by atoms with Crippen molar-refractivity contribution in [2.75, 3.05) is 23.9 Å². The molecular formula is C23H19FN2O4. The molecule has 0 saturated carbocycles. The van der Waals surface area contributed by atoms with Crippen molar-refractivity contribution < 1.29 is 23.5 Å². The topological polar surface area (TPSA) is 67.9 Å². The van der Waals surface area contributed by atoms with E-state index in [4.69, 9.17) is 9.47 Å². The minimum atomic E-state index is -0.338. The Hall–Kier alpha value is -3.87. The van der Waals surface area contributed by atoms with E-state index < -0.39 is 0 Å². The monoisotopic (exact) mass is 406 g/mol. The van der Waals surface area contributed by atoms with E-state index >= 15 is 0 Å². The Labute approximate surface area is 172 Å². The summed E-state index contributed by atoms with van der Waals surface area (Å²) in [6, 6.07) is 17.9. The maximum absolute atomic E-state index is 13.2. The largest absolute Gasteiger partial charge is 0.497 e. The number of hydrogen-bond donors (Lipinski definition) is 1. The van der Waals surface area contributed by atoms with Crippen molar-refractivity contribution in [1.29, 1.82) is 0 Å². The van der Waals surface area contributed by atoms with Gasteiger partial charge < -0.3 is 19.7 Å². The lowest BCUT2D eigenvalue weighted by Crippen LogP contribution is -2.38. The fourth-order valence-electron chi connectivity index (χ4n) is 3.19. The van der Waals surface area contributed by atoms with Crippen LogP contribution in [0.1, 0.15) is 15.9 Å². The molecule has 7 heteroatoms. The van der Waals surface area contributed by atoms with Gasteiger partial charge in [-0.3, -0.25) is 9.59 Å². The zero-order valence-corrected chi connectivity index (χ0v) is 16.2. The van der Waals surface area contributed by atoms with Gasteiger partial charge >= 0.3 is 0 Å². The molecule has 1 N–H and O–H groups in total. The van der Waals surface area contributed by atoms with Gasteiger partial charge in [-0.25, -0.2) is 4.39 Å². The highest BCUT2D eigenvalue weighted by molar-refractivity contribution is 6.05. The molecule has 0 aliphatic carbocycles. The third kappa shape index (κ3) is 4.10. The van der Waals surface area contributed by atoms with Crippen LogP contribution in [0.3, 0.4) is 0 Å². The molecule has 0 saturated heterocycles. The van der Waals surface area contributed by atoms with Crippen LogP contribution < -0.4 is 19.7 Å². The highest BCUT2D eigenvalue weighted by Crippen LogP contribution is 2.35. The van der Waals surface area contributed by atoms with E-state index in [1.54, 1.807) is 59.5 Å². The molecule has 1 aliphatic heterocycles. The quantitative estimate of drug-likeness (QED) is 0.695. The van der Waals surface area contributed by atoms with Gasteiger partial charge in [-0.05, 0) is 54.1 Å². The average Bonchev–Trinajstić information content (AvgIpc) is 2.77. The first kappa shape index (κ1) is 19.4. The number of halogens is 1. The number of nitrogens with zero attached hydrogens (tertiary/aromatic N) is 1. The van der Waals surface area contributed by atoms with Crippen LogP contribution in [0.5, 0.6) is 11.5 Å². The third-order valence-electron chi connectivity index (χ3n) is 4.75. The highest BCUT2D eigenvalue weighted by Gasteiger charge is 2.26. The van der Waals surface area contributed by atoms with Crippen molar-refractivity contribution in [3.8, 4) is 11.5 Å². The molecule has 0 radical (unpaired) electrons. The van der Waals surface area contributed by atoms with E-state index in [-0.39, 0.29) is 30.8 Å². The van der Waals surface area contributed by atoms with Crippen LogP contribution >= 0.6 is 0 Å². The van der Waals surface area contributed by atoms with Crippen molar-refractivity contribution in [3.63, 3.8) is 0 Å². The molecule has 1 heterocycles. The summed E-state index contributed by atoms with van der Waals surface area (Å²) < 4.78 is 23.9. The van der Waals surface area contributed by atoms with Crippen molar-refractivity contribution in [2.24, 2.45) is 0 Å². The van der Waals surface area contributed by atoms with E-state index in [1.807, 2.05) is 0 Å². The average molecular weight is 406 g/mol. The van der Waals surface area contributed by atoms with Crippen LogP contribution in [0, 0.1) is 5.82 Å². The molecule has 0 fully saturated rings. The molecule has 0 aromatic heterocycles. The van der Waals surface area contributed by atoms with Crippen LogP contribution in [0.2, 0.25) is 0 Å². The fraction of sp³-hybridized carbons (Fsp3) is 0.130. The predicted molar refractivity (Wildman–Crippen MR) is 110 cm³/mol. The van der Waals surface area contributed by atoms with Gasteiger partial charge in [-0.15, -0.1) is 0 Å². The zero-order chi connectivity index (χ0) is 21.1. The van der Waals surface area contributed by atoms with Crippen LogP contribution in [0.4, 0.5) is 15.8 Å². The van der Waals surface area contributed by atoms with Crippen LogP contribution in [-0.2, 0) is 11.3 Å². The number of carbonyl (C=O) groups is 2. The van der Waals surface area contributed by atoms with E-state index in [0.717, 1.165) is 5.56 Å². The Morgan fingerprint density at radius 1 is 1.13 bits per heavy atom. The van der Waals surface area contributed by atoms with Gasteiger partial charge in [0.25, 0.3) is 11.8 Å². The second kappa shape index (κ2) is 8.24. The molecule has 4 rings (SSSR count). The standard InChI is InChI=1S/C23H19FN2O4/c1-29-19-4-2-3-16(11-19)23(28)25-18-9-10-21-20(12-18)26(22(27)14-30-21)13-15-5-7-17(24)8-6-15/h2-12H,13-14H2,1H3,(H,25,28). The van der Waals surface area contributed by atoms with Crippen molar-refractivity contribution in [1.82, 2.24) is 0 Å². The number of fused-ring (bicyclic) bond motifs is 1. The second-order valence-electron chi connectivity index (χ2n) is 6.76. The lowest BCUT2D eigenvalue weighted by Gasteiger charge is -2.30. The minimum Gasteiger partial charge on any atom is -0.497 e. The van der Waals surface area contributed by atoms with Gasteiger partial charge in [-0.2, -0.15) is 0 Å². The Morgan fingerprint density at radius 3 is 2.70 bits per heavy atom. The van der Waals surface area contributed by atoms with E-state index in [1.165, 1.54) is 19.2 Å². The summed E-state index contributed by atoms with van der Waals surface area (Å²) in [5.74, 6) is 0.258. The van der Waals surface area contributed by atoms with E-state index in [0.29, 0.717) is 28.4 Å². The number of hydrogen-bond acceptors (Lipinski definition) is 4. The lowest BCUT2D eigenvalue weighted by molar-refractivity contribution is -0.121. The molecule has 152 valence electrons. The number of carbonyl (C=O) groups excluding carboxylic acids is 2. The third-order valence-corrected chi connectivity index (χ3v) is 4.75. The molecule has 0 bridgehead atoms. The molecule has 6 nitrogen and oxygen atoms in total. The molecular weight excluding hydrogens is 387 g/mol. The van der Waals surface area contributed by atoms with Gasteiger partial charge in [0, 0.05) is 11.3 Å². The van der Waals surface area contributed by atoms with E-state index in [9.17, 15) is 14.0 Å². The molecule has 3 aromatic rings. The summed E-state index contributed by atoms with van der Waals surface area (Å²) in [6.07, 6.45) is 0. The number of ether oxygens (including phenoxy) is 2. The predicted octanol–water partition coefficient (Wildman–Crippen LogP) is 4.01. The van der Waals surface area contributed by atoms with Crippen LogP contribution in [-0.4, -0.2) is 25.5 Å². The lowest BCUT2D eigenvalue weighted by atomic mass is 10.1. The Bertz CT molecular complexity index is 1100. The Morgan fingerprint density at radius 2 is 1.93 bits per heavy atom. The van der Waals surface area contributed by atoms with Crippen LogP contribution in [0.15, 0.2) is 66.7 Å². The molecule has 3 aromatic carbocycles. The van der Waals surface area contributed by atoms with Crippen molar-refractivity contribution in [2.45, 2.75) is 6.54 Å². The maximum atomic E-state index is 13.2. The normalized spacial score (nSPS) is 12.7. The molecule has 30 heavy (non-hydrogen) atoms. The number of rotatable bonds is 5. The van der Waals surface area contributed by atoms with Gasteiger partial charge in [0.05, 0.1) is 19.3 Å². The SMILES string of the molecule is COc1cccc(C(=O)Nc2ccc3c(c2)N(Cc2ccc(F)cc2)C(=O)CO3)c1. The van der Waals surface area contributed by atoms with Gasteiger partial charge in [0.2, 0.25) is 0 Å². The van der Waals surface area contributed by atoms with Crippen molar-refractivity contribution in [3.05, 3.63) is 83.7 Å². The number of nitrogens with one attached hydrogen (secondary N) is 1. The molecule has 0 unspecified atom stereocenters. The zero-order valence-electron chi connectivity index (χ0n) is 16.2. The fourth-order valence-corrected chi connectivity index (χ4v) is 3.19. The number of benzene rings is 3. The first-order chi connectivity index (χ1) is 14.5. The summed E-state index contributed by atoms with van der Waals surface area (Å²) in [7, 11) is 1.53. The summed E-state index contributed by atoms with van der Waals surface area (Å²) in [6.45, 7) is 0.187. The van der Waals surface area contributed by atoms with E-state index in [2.05, 4.69) is 5.32 Å². The van der Waals surface area contributed by atoms with Gasteiger partial charge in [0.15, 0.2) is 6.61 Å². The van der Waals surface area contributed by atoms with Gasteiger partial charge in [-0.1, -0.05) is 18.2 Å². The summed E-state index contributed by atoms with van der Waals surface area (Å²) in [5, 5.41) is 2.83. The smallest absolute Gasteiger partial charge is 0.265 e. The summed E-state index contributed by atoms with van der Waals surface area (Å²) in [5.41, 5.74) is 2.29. The molecule has 1 aliphatic rings. The first-order valence-corrected chi connectivity index (χ1v) is 9.30. The summed E-state index contributed by atoms with van der Waals surface area (Å²) in [4.78, 5) is 26.6. The number of anilines is 2. The first-order valence-electron chi connectivity index (χ1n) is 9.30.